The molecule has 0 aliphatic heterocycles. The van der Waals surface area contributed by atoms with Crippen molar-refractivity contribution in [3.8, 4) is 45.5 Å². The molecule has 2 heterocycles. The molecule has 190 valence electrons. The zero-order chi connectivity index (χ0) is 27.8. The molecule has 4 nitrogen and oxygen atoms in total. The van der Waals surface area contributed by atoms with Crippen LogP contribution in [0.25, 0.3) is 33.4 Å². The summed E-state index contributed by atoms with van der Waals surface area (Å²) in [4.78, 5) is 8.62. The van der Waals surface area contributed by atoms with Crippen LogP contribution < -0.4 is 0 Å². The minimum Gasteiger partial charge on any atom is -0.263 e. The summed E-state index contributed by atoms with van der Waals surface area (Å²) in [6, 6.07) is 42.6. The molecule has 0 spiro atoms. The van der Waals surface area contributed by atoms with Crippen LogP contribution in [0.5, 0.6) is 0 Å². The predicted octanol–water partition coefficient (Wildman–Crippen LogP) is 7.92. The number of fused-ring (bicyclic) bond motifs is 3. The highest BCUT2D eigenvalue weighted by Crippen LogP contribution is 2.57. The van der Waals surface area contributed by atoms with Gasteiger partial charge in [-0.2, -0.15) is 10.5 Å². The molecule has 0 saturated carbocycles. The zero-order valence-electron chi connectivity index (χ0n) is 22.0. The van der Waals surface area contributed by atoms with Gasteiger partial charge in [0.2, 0.25) is 0 Å². The van der Waals surface area contributed by atoms with E-state index in [-0.39, 0.29) is 0 Å². The summed E-state index contributed by atoms with van der Waals surface area (Å²) < 4.78 is 0. The van der Waals surface area contributed by atoms with Crippen molar-refractivity contribution in [1.82, 2.24) is 9.97 Å². The number of hydrogen-bond acceptors (Lipinski definition) is 4. The normalized spacial score (nSPS) is 12.5. The van der Waals surface area contributed by atoms with Crippen LogP contribution in [0.2, 0.25) is 0 Å². The Morgan fingerprint density at radius 2 is 0.902 bits per heavy atom. The maximum Gasteiger partial charge on any atom is 0.101 e. The minimum atomic E-state index is -0.524. The Bertz CT molecular complexity index is 1870. The van der Waals surface area contributed by atoms with Gasteiger partial charge in [0.25, 0.3) is 0 Å². The van der Waals surface area contributed by atoms with E-state index in [4.69, 9.17) is 0 Å². The van der Waals surface area contributed by atoms with Crippen LogP contribution in [0.15, 0.2) is 134 Å². The summed E-state index contributed by atoms with van der Waals surface area (Å²) in [5.41, 5.74) is 11.3. The third-order valence-electron chi connectivity index (χ3n) is 7.95. The Labute approximate surface area is 238 Å². The van der Waals surface area contributed by atoms with Crippen molar-refractivity contribution in [2.75, 3.05) is 0 Å². The van der Waals surface area contributed by atoms with E-state index >= 15 is 0 Å². The fourth-order valence-electron chi connectivity index (χ4n) is 6.18. The van der Waals surface area contributed by atoms with Gasteiger partial charge in [0, 0.05) is 35.9 Å². The van der Waals surface area contributed by atoms with Crippen molar-refractivity contribution in [3.05, 3.63) is 167 Å². The first-order chi connectivity index (χ1) is 20.2. The van der Waals surface area contributed by atoms with Gasteiger partial charge >= 0.3 is 0 Å². The second-order valence-electron chi connectivity index (χ2n) is 10.2. The van der Waals surface area contributed by atoms with E-state index in [9.17, 15) is 10.5 Å². The van der Waals surface area contributed by atoms with Gasteiger partial charge in [0.1, 0.15) is 12.1 Å². The summed E-state index contributed by atoms with van der Waals surface area (Å²) >= 11 is 0. The van der Waals surface area contributed by atoms with E-state index < -0.39 is 5.41 Å². The molecule has 0 fully saturated rings. The Hall–Kier alpha value is -5.84. The lowest BCUT2D eigenvalue weighted by atomic mass is 9.67. The van der Waals surface area contributed by atoms with Crippen LogP contribution in [0.4, 0.5) is 0 Å². The van der Waals surface area contributed by atoms with Gasteiger partial charge in [-0.05, 0) is 68.8 Å². The highest BCUT2D eigenvalue weighted by atomic mass is 14.6. The van der Waals surface area contributed by atoms with Crippen molar-refractivity contribution in [3.63, 3.8) is 0 Å². The fourth-order valence-corrected chi connectivity index (χ4v) is 6.18. The third-order valence-corrected chi connectivity index (χ3v) is 7.95. The van der Waals surface area contributed by atoms with Gasteiger partial charge in [-0.1, -0.05) is 84.9 Å². The second kappa shape index (κ2) is 9.72. The summed E-state index contributed by atoms with van der Waals surface area (Å²) in [6.45, 7) is 0. The maximum absolute atomic E-state index is 9.48. The van der Waals surface area contributed by atoms with Gasteiger partial charge in [-0.25, -0.2) is 0 Å². The first kappa shape index (κ1) is 24.2. The van der Waals surface area contributed by atoms with Gasteiger partial charge < -0.3 is 0 Å². The SMILES string of the molecule is N#Cc1cncc(-c2ccc3c(c2)-c2cc(-c4cncc(C#N)c4)ccc2C3(c2ccccc2)c2ccccc2)c1. The van der Waals surface area contributed by atoms with E-state index in [0.29, 0.717) is 11.1 Å². The molecular weight excluding hydrogens is 500 g/mol. The maximum atomic E-state index is 9.48. The average Bonchev–Trinajstić information content (AvgIpc) is 3.35. The minimum absolute atomic E-state index is 0.524. The van der Waals surface area contributed by atoms with Crippen LogP contribution in [-0.2, 0) is 5.41 Å². The van der Waals surface area contributed by atoms with E-state index in [0.717, 1.165) is 33.4 Å². The molecule has 1 aliphatic carbocycles. The summed E-state index contributed by atoms with van der Waals surface area (Å²) in [5.74, 6) is 0. The van der Waals surface area contributed by atoms with E-state index in [1.54, 1.807) is 24.8 Å². The Morgan fingerprint density at radius 1 is 0.463 bits per heavy atom. The van der Waals surface area contributed by atoms with Crippen LogP contribution in [-0.4, -0.2) is 9.97 Å². The van der Waals surface area contributed by atoms with Crippen molar-refractivity contribution >= 4 is 0 Å². The lowest BCUT2D eigenvalue weighted by Gasteiger charge is -2.34. The van der Waals surface area contributed by atoms with Gasteiger partial charge in [-0.15, -0.1) is 0 Å². The van der Waals surface area contributed by atoms with Gasteiger partial charge in [0.05, 0.1) is 16.5 Å². The van der Waals surface area contributed by atoms with Crippen LogP contribution in [0.3, 0.4) is 0 Å². The highest BCUT2D eigenvalue weighted by Gasteiger charge is 2.46. The largest absolute Gasteiger partial charge is 0.263 e. The monoisotopic (exact) mass is 522 g/mol. The van der Waals surface area contributed by atoms with Crippen LogP contribution >= 0.6 is 0 Å². The number of nitrogens with zero attached hydrogens (tertiary/aromatic N) is 4. The Kier molecular flexibility index (Phi) is 5.74. The summed E-state index contributed by atoms with van der Waals surface area (Å²) in [6.07, 6.45) is 6.76. The van der Waals surface area contributed by atoms with Crippen LogP contribution in [0.1, 0.15) is 33.4 Å². The molecule has 7 rings (SSSR count). The molecule has 0 unspecified atom stereocenters. The molecule has 0 saturated heterocycles. The first-order valence-electron chi connectivity index (χ1n) is 13.3. The molecule has 1 aliphatic rings. The number of hydrogen-bond donors (Lipinski definition) is 0. The van der Waals surface area contributed by atoms with Crippen molar-refractivity contribution in [2.45, 2.75) is 5.41 Å². The molecule has 0 N–H and O–H groups in total. The van der Waals surface area contributed by atoms with Crippen molar-refractivity contribution < 1.29 is 0 Å². The smallest absolute Gasteiger partial charge is 0.101 e. The predicted molar refractivity (Wildman–Crippen MR) is 160 cm³/mol. The van der Waals surface area contributed by atoms with Crippen LogP contribution in [0, 0.1) is 22.7 Å². The molecule has 4 heteroatoms. The number of rotatable bonds is 4. The van der Waals surface area contributed by atoms with Gasteiger partial charge in [-0.3, -0.25) is 9.97 Å². The molecular formula is C37H22N4. The molecule has 6 aromatic rings. The summed E-state index contributed by atoms with van der Waals surface area (Å²) in [7, 11) is 0. The second-order valence-corrected chi connectivity index (χ2v) is 10.2. The Balaban J connectivity index is 1.55. The summed E-state index contributed by atoms with van der Waals surface area (Å²) in [5, 5.41) is 19.0. The van der Waals surface area contributed by atoms with Gasteiger partial charge in [0.15, 0.2) is 0 Å². The number of nitriles is 2. The lowest BCUT2D eigenvalue weighted by molar-refractivity contribution is 0.768. The number of benzene rings is 4. The topological polar surface area (TPSA) is 73.4 Å². The number of pyridine rings is 2. The van der Waals surface area contributed by atoms with E-state index in [2.05, 4.69) is 119 Å². The highest BCUT2D eigenvalue weighted by molar-refractivity contribution is 5.91. The molecule has 0 radical (unpaired) electrons. The third kappa shape index (κ3) is 3.82. The van der Waals surface area contributed by atoms with E-state index in [1.807, 2.05) is 12.1 Å². The fraction of sp³-hybridized carbons (Fsp3) is 0.0270. The van der Waals surface area contributed by atoms with Crippen molar-refractivity contribution in [1.29, 1.82) is 10.5 Å². The molecule has 0 amide bonds. The molecule has 2 aromatic heterocycles. The molecule has 4 aromatic carbocycles. The number of aromatic nitrogens is 2. The molecule has 0 bridgehead atoms. The van der Waals surface area contributed by atoms with Crippen molar-refractivity contribution in [2.24, 2.45) is 0 Å². The molecule has 41 heavy (non-hydrogen) atoms. The zero-order valence-corrected chi connectivity index (χ0v) is 22.0. The quantitative estimate of drug-likeness (QED) is 0.235. The molecule has 0 atom stereocenters. The average molecular weight is 523 g/mol. The lowest BCUT2D eigenvalue weighted by Crippen LogP contribution is -2.28. The van der Waals surface area contributed by atoms with E-state index in [1.165, 1.54) is 22.3 Å². The first-order valence-corrected chi connectivity index (χ1v) is 13.3. The standard InChI is InChI=1S/C37H22N4/c38-19-25-15-29(23-40-21-25)27-11-13-35-33(17-27)34-18-28(30-16-26(20-39)22-41-24-30)12-14-36(34)37(35,31-7-3-1-4-8-31)32-9-5-2-6-10-32/h1-18,21-24H. The Morgan fingerprint density at radius 3 is 1.32 bits per heavy atom.